The fourth-order valence-electron chi connectivity index (χ4n) is 2.52. The first-order chi connectivity index (χ1) is 11.8. The molecule has 0 fully saturated rings. The number of hydrogen-bond acceptors (Lipinski definition) is 4. The largest absolute Gasteiger partial charge is 0.452 e. The maximum Gasteiger partial charge on any atom is 0.313 e. The van der Waals surface area contributed by atoms with Gasteiger partial charge in [0.05, 0.1) is 11.5 Å². The summed E-state index contributed by atoms with van der Waals surface area (Å²) in [7, 11) is 0. The van der Waals surface area contributed by atoms with Gasteiger partial charge in [-0.25, -0.2) is 4.39 Å². The highest BCUT2D eigenvalue weighted by Gasteiger charge is 2.30. The highest BCUT2D eigenvalue weighted by molar-refractivity contribution is 6.15. The number of aryl methyl sites for hydroxylation is 1. The predicted molar refractivity (Wildman–Crippen MR) is 91.0 cm³/mol. The third-order valence-corrected chi connectivity index (χ3v) is 3.78. The summed E-state index contributed by atoms with van der Waals surface area (Å²) in [5.74, 6) is -0.529. The maximum absolute atomic E-state index is 13.3. The molecule has 0 saturated carbocycles. The lowest BCUT2D eigenvalue weighted by atomic mass is 10.0. The second-order valence-electron chi connectivity index (χ2n) is 6.18. The van der Waals surface area contributed by atoms with Crippen LogP contribution in [0.2, 0.25) is 0 Å². The number of carbonyl (C=O) groups is 2. The normalized spacial score (nSPS) is 14.6. The molecule has 5 heteroatoms. The number of fused-ring (bicyclic) bond motifs is 1. The summed E-state index contributed by atoms with van der Waals surface area (Å²) in [6, 6.07) is 9.03. The summed E-state index contributed by atoms with van der Waals surface area (Å²) in [4.78, 5) is 24.3. The van der Waals surface area contributed by atoms with Gasteiger partial charge in [0.1, 0.15) is 17.3 Å². The standard InChI is InChI=1S/C20H17FO4/c1-11(2)20(23)24-15-7-12(3)18-16(10-15)25-17(19(18)22)9-13-5-4-6-14(21)8-13/h4-11H,1-3H3/b17-9-. The van der Waals surface area contributed by atoms with E-state index in [-0.39, 0.29) is 23.4 Å². The van der Waals surface area contributed by atoms with Crippen LogP contribution in [-0.4, -0.2) is 11.8 Å². The number of ketones is 1. The summed E-state index contributed by atoms with van der Waals surface area (Å²) in [6.45, 7) is 5.22. The zero-order valence-corrected chi connectivity index (χ0v) is 14.1. The molecule has 2 aromatic carbocycles. The third-order valence-electron chi connectivity index (χ3n) is 3.78. The fourth-order valence-corrected chi connectivity index (χ4v) is 2.52. The van der Waals surface area contributed by atoms with Gasteiger partial charge < -0.3 is 9.47 Å². The van der Waals surface area contributed by atoms with E-state index in [1.165, 1.54) is 24.3 Å². The molecule has 0 spiro atoms. The number of carbonyl (C=O) groups excluding carboxylic acids is 2. The van der Waals surface area contributed by atoms with Crippen molar-refractivity contribution in [3.05, 3.63) is 64.7 Å². The Balaban J connectivity index is 1.93. The average Bonchev–Trinajstić information content (AvgIpc) is 2.83. The Morgan fingerprint density at radius 2 is 2.00 bits per heavy atom. The monoisotopic (exact) mass is 340 g/mol. The van der Waals surface area contributed by atoms with E-state index >= 15 is 0 Å². The number of benzene rings is 2. The predicted octanol–water partition coefficient (Wildman–Crippen LogP) is 4.31. The van der Waals surface area contributed by atoms with Gasteiger partial charge in [-0.15, -0.1) is 0 Å². The lowest BCUT2D eigenvalue weighted by Crippen LogP contribution is -2.14. The molecule has 4 nitrogen and oxygen atoms in total. The SMILES string of the molecule is Cc1cc(OC(=O)C(C)C)cc2c1C(=O)/C(=C/c1cccc(F)c1)O2. The highest BCUT2D eigenvalue weighted by Crippen LogP contribution is 2.37. The molecule has 0 N–H and O–H groups in total. The molecule has 0 saturated heterocycles. The van der Waals surface area contributed by atoms with E-state index in [0.29, 0.717) is 28.2 Å². The van der Waals surface area contributed by atoms with Gasteiger partial charge in [0.15, 0.2) is 5.76 Å². The van der Waals surface area contributed by atoms with Crippen LogP contribution in [0.4, 0.5) is 4.39 Å². The van der Waals surface area contributed by atoms with Crippen molar-refractivity contribution in [2.75, 3.05) is 0 Å². The van der Waals surface area contributed by atoms with Gasteiger partial charge in [-0.1, -0.05) is 26.0 Å². The quantitative estimate of drug-likeness (QED) is 0.475. The molecule has 0 aromatic heterocycles. The number of allylic oxidation sites excluding steroid dienone is 1. The highest BCUT2D eigenvalue weighted by atomic mass is 19.1. The number of hydrogen-bond donors (Lipinski definition) is 0. The van der Waals surface area contributed by atoms with Crippen LogP contribution in [-0.2, 0) is 4.79 Å². The van der Waals surface area contributed by atoms with Gasteiger partial charge in [-0.2, -0.15) is 0 Å². The Kier molecular flexibility index (Phi) is 4.40. The molecule has 0 amide bonds. The second-order valence-corrected chi connectivity index (χ2v) is 6.18. The smallest absolute Gasteiger partial charge is 0.313 e. The van der Waals surface area contributed by atoms with Crippen molar-refractivity contribution in [2.24, 2.45) is 5.92 Å². The van der Waals surface area contributed by atoms with Crippen LogP contribution < -0.4 is 9.47 Å². The van der Waals surface area contributed by atoms with Gasteiger partial charge in [0, 0.05) is 6.07 Å². The van der Waals surface area contributed by atoms with E-state index in [4.69, 9.17) is 9.47 Å². The van der Waals surface area contributed by atoms with E-state index in [2.05, 4.69) is 0 Å². The number of rotatable bonds is 3. The summed E-state index contributed by atoms with van der Waals surface area (Å²) in [5, 5.41) is 0. The minimum atomic E-state index is -0.392. The first-order valence-corrected chi connectivity index (χ1v) is 7.91. The summed E-state index contributed by atoms with van der Waals surface area (Å²) in [6.07, 6.45) is 1.49. The Hall–Kier alpha value is -2.95. The molecule has 3 rings (SSSR count). The minimum Gasteiger partial charge on any atom is -0.452 e. The molecule has 0 atom stereocenters. The van der Waals surface area contributed by atoms with E-state index in [1.807, 2.05) is 0 Å². The third kappa shape index (κ3) is 3.45. The van der Waals surface area contributed by atoms with E-state index in [1.54, 1.807) is 39.0 Å². The van der Waals surface area contributed by atoms with E-state index in [0.717, 1.165) is 0 Å². The summed E-state index contributed by atoms with van der Waals surface area (Å²) < 4.78 is 24.2. The Labute approximate surface area is 144 Å². The molecular weight excluding hydrogens is 323 g/mol. The van der Waals surface area contributed by atoms with Gasteiger partial charge in [0.2, 0.25) is 5.78 Å². The van der Waals surface area contributed by atoms with Crippen molar-refractivity contribution >= 4 is 17.8 Å². The van der Waals surface area contributed by atoms with Crippen molar-refractivity contribution in [2.45, 2.75) is 20.8 Å². The van der Waals surface area contributed by atoms with Gasteiger partial charge in [-0.3, -0.25) is 9.59 Å². The van der Waals surface area contributed by atoms with E-state index < -0.39 is 5.82 Å². The Morgan fingerprint density at radius 1 is 1.24 bits per heavy atom. The Bertz CT molecular complexity index is 897. The van der Waals surface area contributed by atoms with Crippen LogP contribution in [0.3, 0.4) is 0 Å². The maximum atomic E-state index is 13.3. The van der Waals surface area contributed by atoms with Crippen molar-refractivity contribution in [3.63, 3.8) is 0 Å². The van der Waals surface area contributed by atoms with Crippen LogP contribution in [0.25, 0.3) is 6.08 Å². The lowest BCUT2D eigenvalue weighted by Gasteiger charge is -2.09. The van der Waals surface area contributed by atoms with Gasteiger partial charge in [0.25, 0.3) is 0 Å². The first kappa shape index (κ1) is 16.9. The van der Waals surface area contributed by atoms with Crippen LogP contribution in [0.1, 0.15) is 35.3 Å². The number of esters is 1. The van der Waals surface area contributed by atoms with Crippen molar-refractivity contribution in [3.8, 4) is 11.5 Å². The van der Waals surface area contributed by atoms with Crippen LogP contribution in [0, 0.1) is 18.7 Å². The number of Topliss-reactive ketones (excluding diaryl/α,β-unsaturated/α-hetero) is 1. The molecular formula is C20H17FO4. The summed E-state index contributed by atoms with van der Waals surface area (Å²) in [5.41, 5.74) is 1.60. The molecule has 25 heavy (non-hydrogen) atoms. The summed E-state index contributed by atoms with van der Waals surface area (Å²) >= 11 is 0. The molecule has 1 aliphatic rings. The Morgan fingerprint density at radius 3 is 2.68 bits per heavy atom. The molecule has 1 heterocycles. The van der Waals surface area contributed by atoms with Crippen LogP contribution >= 0.6 is 0 Å². The van der Waals surface area contributed by atoms with Crippen LogP contribution in [0.5, 0.6) is 11.5 Å². The van der Waals surface area contributed by atoms with Crippen molar-refractivity contribution in [1.82, 2.24) is 0 Å². The molecule has 0 radical (unpaired) electrons. The number of ether oxygens (including phenoxy) is 2. The van der Waals surface area contributed by atoms with Crippen LogP contribution in [0.15, 0.2) is 42.2 Å². The minimum absolute atomic E-state index is 0.107. The topological polar surface area (TPSA) is 52.6 Å². The zero-order valence-electron chi connectivity index (χ0n) is 14.1. The molecule has 128 valence electrons. The molecule has 0 bridgehead atoms. The van der Waals surface area contributed by atoms with Gasteiger partial charge >= 0.3 is 5.97 Å². The number of halogens is 1. The van der Waals surface area contributed by atoms with Gasteiger partial charge in [-0.05, 0) is 42.3 Å². The second kappa shape index (κ2) is 6.51. The first-order valence-electron chi connectivity index (χ1n) is 7.91. The fraction of sp³-hybridized carbons (Fsp3) is 0.200. The van der Waals surface area contributed by atoms with Crippen molar-refractivity contribution < 1.29 is 23.5 Å². The lowest BCUT2D eigenvalue weighted by molar-refractivity contribution is -0.137. The van der Waals surface area contributed by atoms with E-state index in [9.17, 15) is 14.0 Å². The molecule has 0 aliphatic carbocycles. The molecule has 1 aliphatic heterocycles. The average molecular weight is 340 g/mol. The zero-order chi connectivity index (χ0) is 18.1. The molecule has 2 aromatic rings. The van der Waals surface area contributed by atoms with Crippen molar-refractivity contribution in [1.29, 1.82) is 0 Å². The molecule has 0 unspecified atom stereocenters.